The van der Waals surface area contributed by atoms with Crippen molar-refractivity contribution >= 4 is 17.3 Å². The number of para-hydroxylation sites is 1. The first-order valence-corrected chi connectivity index (χ1v) is 7.53. The molecule has 1 aromatic rings. The van der Waals surface area contributed by atoms with Gasteiger partial charge in [0.1, 0.15) is 6.04 Å². The second-order valence-corrected chi connectivity index (χ2v) is 5.33. The first-order chi connectivity index (χ1) is 10.2. The monoisotopic (exact) mass is 289 g/mol. The van der Waals surface area contributed by atoms with E-state index in [-0.39, 0.29) is 11.9 Å². The second kappa shape index (κ2) is 7.11. The number of oxime groups is 1. The third kappa shape index (κ3) is 3.35. The van der Waals surface area contributed by atoms with Gasteiger partial charge in [0.05, 0.1) is 5.71 Å². The van der Waals surface area contributed by atoms with Gasteiger partial charge in [-0.25, -0.2) is 0 Å². The second-order valence-electron chi connectivity index (χ2n) is 5.33. The Morgan fingerprint density at radius 3 is 2.95 bits per heavy atom. The number of carbonyl (C=O) groups excluding carboxylic acids is 1. The van der Waals surface area contributed by atoms with E-state index in [1.54, 1.807) is 0 Å². The Kier molecular flexibility index (Phi) is 5.20. The minimum Gasteiger partial charge on any atom is -0.411 e. The molecule has 1 unspecified atom stereocenters. The minimum absolute atomic E-state index is 0.0380. The summed E-state index contributed by atoms with van der Waals surface area (Å²) in [6.45, 7) is 5.43. The molecule has 2 rings (SSSR count). The molecule has 0 radical (unpaired) electrons. The average molecular weight is 289 g/mol. The highest BCUT2D eigenvalue weighted by atomic mass is 16.4. The van der Waals surface area contributed by atoms with Crippen molar-refractivity contribution < 1.29 is 10.0 Å². The summed E-state index contributed by atoms with van der Waals surface area (Å²) < 4.78 is 0. The molecule has 5 nitrogen and oxygen atoms in total. The fraction of sp³-hybridized carbons (Fsp3) is 0.500. The largest absolute Gasteiger partial charge is 0.411 e. The van der Waals surface area contributed by atoms with Crippen molar-refractivity contribution in [3.63, 3.8) is 0 Å². The van der Waals surface area contributed by atoms with Gasteiger partial charge in [-0.3, -0.25) is 4.79 Å². The number of amides is 1. The molecule has 0 saturated heterocycles. The minimum atomic E-state index is -0.240. The van der Waals surface area contributed by atoms with Gasteiger partial charge in [-0.15, -0.1) is 0 Å². The quantitative estimate of drug-likeness (QED) is 0.660. The van der Waals surface area contributed by atoms with Crippen LogP contribution in [0.2, 0.25) is 0 Å². The van der Waals surface area contributed by atoms with Crippen LogP contribution in [0.5, 0.6) is 0 Å². The predicted octanol–water partition coefficient (Wildman–Crippen LogP) is 2.38. The molecule has 1 aromatic carbocycles. The van der Waals surface area contributed by atoms with Crippen LogP contribution in [0.4, 0.5) is 5.69 Å². The Labute approximate surface area is 125 Å². The molecule has 0 aliphatic carbocycles. The van der Waals surface area contributed by atoms with Crippen LogP contribution in [0.25, 0.3) is 0 Å². The van der Waals surface area contributed by atoms with Crippen LogP contribution < -0.4 is 10.2 Å². The Morgan fingerprint density at radius 2 is 2.24 bits per heavy atom. The van der Waals surface area contributed by atoms with E-state index in [1.165, 1.54) is 0 Å². The third-order valence-electron chi connectivity index (χ3n) is 3.85. The molecule has 5 heteroatoms. The Morgan fingerprint density at radius 1 is 1.48 bits per heavy atom. The van der Waals surface area contributed by atoms with Crippen LogP contribution in [0.15, 0.2) is 29.4 Å². The van der Waals surface area contributed by atoms with Crippen molar-refractivity contribution in [3.05, 3.63) is 29.8 Å². The summed E-state index contributed by atoms with van der Waals surface area (Å²) >= 11 is 0. The van der Waals surface area contributed by atoms with Gasteiger partial charge in [-0.2, -0.15) is 0 Å². The molecule has 114 valence electrons. The van der Waals surface area contributed by atoms with Crippen LogP contribution in [-0.4, -0.2) is 36.0 Å². The number of hydrogen-bond acceptors (Lipinski definition) is 4. The topological polar surface area (TPSA) is 64.9 Å². The first-order valence-electron chi connectivity index (χ1n) is 7.53. The molecular formula is C16H23N3O2. The van der Waals surface area contributed by atoms with E-state index in [0.717, 1.165) is 30.6 Å². The zero-order chi connectivity index (χ0) is 15.2. The normalized spacial score (nSPS) is 18.0. The van der Waals surface area contributed by atoms with Crippen LogP contribution in [0, 0.1) is 0 Å². The summed E-state index contributed by atoms with van der Waals surface area (Å²) in [5.74, 6) is 0.0380. The zero-order valence-corrected chi connectivity index (χ0v) is 12.7. The highest BCUT2D eigenvalue weighted by Crippen LogP contribution is 2.28. The number of benzene rings is 1. The predicted molar refractivity (Wildman–Crippen MR) is 84.1 cm³/mol. The Bertz CT molecular complexity index is 528. The lowest BCUT2D eigenvalue weighted by molar-refractivity contribution is -0.122. The average Bonchev–Trinajstić information content (AvgIpc) is 2.71. The van der Waals surface area contributed by atoms with E-state index in [1.807, 2.05) is 38.1 Å². The lowest BCUT2D eigenvalue weighted by atomic mass is 10.1. The summed E-state index contributed by atoms with van der Waals surface area (Å²) in [5.41, 5.74) is 2.56. The van der Waals surface area contributed by atoms with E-state index in [2.05, 4.69) is 15.4 Å². The summed E-state index contributed by atoms with van der Waals surface area (Å²) in [6.07, 6.45) is 2.50. The van der Waals surface area contributed by atoms with Crippen molar-refractivity contribution in [2.45, 2.75) is 39.2 Å². The van der Waals surface area contributed by atoms with Gasteiger partial charge >= 0.3 is 0 Å². The molecule has 0 aromatic heterocycles. The molecule has 1 atom stereocenters. The Balaban J connectivity index is 2.29. The molecule has 0 bridgehead atoms. The SMILES string of the molecule is CCCNC(=O)C(C)N1CCC/C(=N/O)c2ccccc21. The molecule has 21 heavy (non-hydrogen) atoms. The van der Waals surface area contributed by atoms with Crippen LogP contribution in [0.1, 0.15) is 38.7 Å². The number of fused-ring (bicyclic) bond motifs is 1. The van der Waals surface area contributed by atoms with E-state index in [4.69, 9.17) is 0 Å². The van der Waals surface area contributed by atoms with Gasteiger partial charge in [0.15, 0.2) is 0 Å². The van der Waals surface area contributed by atoms with Crippen LogP contribution in [-0.2, 0) is 4.79 Å². The third-order valence-corrected chi connectivity index (χ3v) is 3.85. The molecular weight excluding hydrogens is 266 g/mol. The first kappa shape index (κ1) is 15.4. The van der Waals surface area contributed by atoms with Gasteiger partial charge in [-0.05, 0) is 32.3 Å². The van der Waals surface area contributed by atoms with Crippen molar-refractivity contribution in [2.75, 3.05) is 18.0 Å². The van der Waals surface area contributed by atoms with Crippen LogP contribution in [0.3, 0.4) is 0 Å². The summed E-state index contributed by atoms with van der Waals surface area (Å²) in [5, 5.41) is 15.6. The number of carbonyl (C=O) groups is 1. The molecule has 0 saturated carbocycles. The Hall–Kier alpha value is -2.04. The van der Waals surface area contributed by atoms with Crippen molar-refractivity contribution in [2.24, 2.45) is 5.16 Å². The maximum atomic E-state index is 12.2. The maximum absolute atomic E-state index is 12.2. The molecule has 0 spiro atoms. The van der Waals surface area contributed by atoms with Gasteiger partial charge in [0, 0.05) is 24.3 Å². The standard InChI is InChI=1S/C16H23N3O2/c1-3-10-17-16(20)12(2)19-11-6-8-14(18-21)13-7-4-5-9-15(13)19/h4-5,7,9,12,21H,3,6,8,10-11H2,1-2H3,(H,17,20)/b18-14-. The summed E-state index contributed by atoms with van der Waals surface area (Å²) in [6, 6.07) is 7.56. The highest BCUT2D eigenvalue weighted by molar-refractivity contribution is 6.06. The van der Waals surface area contributed by atoms with Gasteiger partial charge in [0.2, 0.25) is 5.91 Å². The van der Waals surface area contributed by atoms with Gasteiger partial charge in [0.25, 0.3) is 0 Å². The number of anilines is 1. The number of hydrogen-bond donors (Lipinski definition) is 2. The van der Waals surface area contributed by atoms with E-state index in [9.17, 15) is 10.0 Å². The van der Waals surface area contributed by atoms with E-state index >= 15 is 0 Å². The van der Waals surface area contributed by atoms with Crippen molar-refractivity contribution in [1.82, 2.24) is 5.32 Å². The molecule has 2 N–H and O–H groups in total. The maximum Gasteiger partial charge on any atom is 0.242 e. The molecule has 1 heterocycles. The van der Waals surface area contributed by atoms with Crippen molar-refractivity contribution in [1.29, 1.82) is 0 Å². The van der Waals surface area contributed by atoms with Crippen molar-refractivity contribution in [3.8, 4) is 0 Å². The fourth-order valence-electron chi connectivity index (χ4n) is 2.68. The smallest absolute Gasteiger partial charge is 0.242 e. The summed E-state index contributed by atoms with van der Waals surface area (Å²) in [7, 11) is 0. The number of nitrogens with one attached hydrogen (secondary N) is 1. The number of rotatable bonds is 4. The highest BCUT2D eigenvalue weighted by Gasteiger charge is 2.26. The zero-order valence-electron chi connectivity index (χ0n) is 12.7. The molecule has 1 aliphatic rings. The molecule has 1 amide bonds. The van der Waals surface area contributed by atoms with Gasteiger partial charge < -0.3 is 15.4 Å². The summed E-state index contributed by atoms with van der Waals surface area (Å²) in [4.78, 5) is 14.3. The van der Waals surface area contributed by atoms with E-state index < -0.39 is 0 Å². The lowest BCUT2D eigenvalue weighted by Crippen LogP contribution is -2.46. The fourth-order valence-corrected chi connectivity index (χ4v) is 2.68. The molecule has 1 aliphatic heterocycles. The van der Waals surface area contributed by atoms with E-state index in [0.29, 0.717) is 18.7 Å². The van der Waals surface area contributed by atoms with Gasteiger partial charge in [-0.1, -0.05) is 30.3 Å². The van der Waals surface area contributed by atoms with Crippen LogP contribution >= 0.6 is 0 Å². The molecule has 0 fully saturated rings. The lowest BCUT2D eigenvalue weighted by Gasteiger charge is -2.30. The number of nitrogens with zero attached hydrogens (tertiary/aromatic N) is 2.